The summed E-state index contributed by atoms with van der Waals surface area (Å²) in [5, 5.41) is 3.42. The third-order valence-electron chi connectivity index (χ3n) is 2.51. The Balaban J connectivity index is 1.68. The number of aromatic nitrogens is 1. The van der Waals surface area contributed by atoms with E-state index < -0.39 is 0 Å². The fourth-order valence-electron chi connectivity index (χ4n) is 1.48. The van der Waals surface area contributed by atoms with Gasteiger partial charge in [0.1, 0.15) is 4.60 Å². The van der Waals surface area contributed by atoms with Gasteiger partial charge in [0.15, 0.2) is 0 Å². The molecule has 0 aliphatic heterocycles. The van der Waals surface area contributed by atoms with E-state index in [1.165, 1.54) is 19.3 Å². The summed E-state index contributed by atoms with van der Waals surface area (Å²) >= 11 is 3.37. The van der Waals surface area contributed by atoms with Crippen molar-refractivity contribution in [1.82, 2.24) is 10.3 Å². The fourth-order valence-corrected chi connectivity index (χ4v) is 1.86. The Bertz CT molecular complexity index is 297. The summed E-state index contributed by atoms with van der Waals surface area (Å²) in [5.41, 5.74) is 1.11. The van der Waals surface area contributed by atoms with Gasteiger partial charge in [0.2, 0.25) is 0 Å². The van der Waals surface area contributed by atoms with Crippen molar-refractivity contribution in [3.05, 3.63) is 28.5 Å². The molecule has 1 aliphatic carbocycles. The summed E-state index contributed by atoms with van der Waals surface area (Å²) in [5.74, 6) is 1.01. The molecule has 1 aromatic heterocycles. The van der Waals surface area contributed by atoms with Crippen LogP contribution in [-0.2, 0) is 6.54 Å². The van der Waals surface area contributed by atoms with E-state index in [0.717, 1.165) is 29.3 Å². The second-order valence-corrected chi connectivity index (χ2v) is 4.67. The minimum absolute atomic E-state index is 0.881. The quantitative estimate of drug-likeness (QED) is 0.646. The highest BCUT2D eigenvalue weighted by Crippen LogP contribution is 2.31. The van der Waals surface area contributed by atoms with Gasteiger partial charge in [-0.15, -0.1) is 0 Å². The van der Waals surface area contributed by atoms with Gasteiger partial charge < -0.3 is 5.32 Å². The van der Waals surface area contributed by atoms with Crippen LogP contribution in [0.15, 0.2) is 22.8 Å². The van der Waals surface area contributed by atoms with E-state index in [0.29, 0.717) is 0 Å². The van der Waals surface area contributed by atoms with Gasteiger partial charge in [-0.25, -0.2) is 4.98 Å². The van der Waals surface area contributed by atoms with Gasteiger partial charge in [-0.1, -0.05) is 18.9 Å². The molecule has 1 aliphatic rings. The molecular weight excluding hydrogens is 240 g/mol. The standard InChI is InChI=1S/C11H15BrN2/c12-11-3-1-2-10(14-11)8-13-7-6-9-4-5-9/h1-3,9,13H,4-8H2. The molecule has 0 aromatic carbocycles. The fraction of sp³-hybridized carbons (Fsp3) is 0.545. The van der Waals surface area contributed by atoms with Crippen molar-refractivity contribution in [2.45, 2.75) is 25.8 Å². The van der Waals surface area contributed by atoms with Crippen LogP contribution >= 0.6 is 15.9 Å². The molecule has 1 saturated carbocycles. The van der Waals surface area contributed by atoms with E-state index in [9.17, 15) is 0 Å². The Morgan fingerprint density at radius 2 is 2.29 bits per heavy atom. The number of halogens is 1. The molecule has 0 spiro atoms. The van der Waals surface area contributed by atoms with Crippen molar-refractivity contribution in [3.63, 3.8) is 0 Å². The zero-order valence-corrected chi connectivity index (χ0v) is 9.76. The molecule has 76 valence electrons. The molecule has 1 N–H and O–H groups in total. The minimum Gasteiger partial charge on any atom is -0.311 e. The molecule has 2 nitrogen and oxygen atoms in total. The van der Waals surface area contributed by atoms with E-state index in [2.05, 4.69) is 32.3 Å². The third-order valence-corrected chi connectivity index (χ3v) is 2.95. The SMILES string of the molecule is Brc1cccc(CNCCC2CC2)n1. The van der Waals surface area contributed by atoms with Gasteiger partial charge in [-0.05, 0) is 46.9 Å². The second-order valence-electron chi connectivity index (χ2n) is 3.86. The maximum atomic E-state index is 4.36. The highest BCUT2D eigenvalue weighted by atomic mass is 79.9. The van der Waals surface area contributed by atoms with Crippen LogP contribution in [0, 0.1) is 5.92 Å². The van der Waals surface area contributed by atoms with Crippen LogP contribution in [0.3, 0.4) is 0 Å². The van der Waals surface area contributed by atoms with Crippen LogP contribution in [0.25, 0.3) is 0 Å². The molecule has 0 saturated heterocycles. The smallest absolute Gasteiger partial charge is 0.106 e. The lowest BCUT2D eigenvalue weighted by molar-refractivity contribution is 0.606. The Labute approximate surface area is 93.3 Å². The number of nitrogens with one attached hydrogen (secondary N) is 1. The molecule has 0 bridgehead atoms. The number of pyridine rings is 1. The maximum absolute atomic E-state index is 4.36. The first kappa shape index (κ1) is 10.1. The summed E-state index contributed by atoms with van der Waals surface area (Å²) in [6, 6.07) is 6.03. The average molecular weight is 255 g/mol. The van der Waals surface area contributed by atoms with Gasteiger partial charge in [0, 0.05) is 6.54 Å². The van der Waals surface area contributed by atoms with Crippen LogP contribution in [-0.4, -0.2) is 11.5 Å². The summed E-state index contributed by atoms with van der Waals surface area (Å²) in [6.45, 7) is 2.00. The molecule has 0 amide bonds. The van der Waals surface area contributed by atoms with Crippen molar-refractivity contribution in [3.8, 4) is 0 Å². The number of hydrogen-bond donors (Lipinski definition) is 1. The van der Waals surface area contributed by atoms with Gasteiger partial charge in [-0.2, -0.15) is 0 Å². The molecule has 1 fully saturated rings. The molecular formula is C11H15BrN2. The highest BCUT2D eigenvalue weighted by Gasteiger charge is 2.19. The zero-order chi connectivity index (χ0) is 9.80. The van der Waals surface area contributed by atoms with Crippen LogP contribution in [0.5, 0.6) is 0 Å². The number of hydrogen-bond acceptors (Lipinski definition) is 2. The molecule has 14 heavy (non-hydrogen) atoms. The van der Waals surface area contributed by atoms with Gasteiger partial charge in [0.25, 0.3) is 0 Å². The molecule has 1 aromatic rings. The van der Waals surface area contributed by atoms with Crippen molar-refractivity contribution in [2.24, 2.45) is 5.92 Å². The summed E-state index contributed by atoms with van der Waals surface area (Å²) in [7, 11) is 0. The van der Waals surface area contributed by atoms with Crippen LogP contribution in [0.1, 0.15) is 25.0 Å². The summed E-state index contributed by atoms with van der Waals surface area (Å²) in [4.78, 5) is 4.36. The van der Waals surface area contributed by atoms with E-state index >= 15 is 0 Å². The Kier molecular flexibility index (Phi) is 3.54. The van der Waals surface area contributed by atoms with Crippen molar-refractivity contribution in [2.75, 3.05) is 6.54 Å². The van der Waals surface area contributed by atoms with Gasteiger partial charge in [-0.3, -0.25) is 0 Å². The number of nitrogens with zero attached hydrogens (tertiary/aromatic N) is 1. The predicted octanol–water partition coefficient (Wildman–Crippen LogP) is 2.73. The molecule has 0 atom stereocenters. The second kappa shape index (κ2) is 4.89. The first-order valence-electron chi connectivity index (χ1n) is 5.17. The van der Waals surface area contributed by atoms with Gasteiger partial charge >= 0.3 is 0 Å². The molecule has 1 heterocycles. The van der Waals surface area contributed by atoms with Crippen molar-refractivity contribution >= 4 is 15.9 Å². The Morgan fingerprint density at radius 3 is 3.00 bits per heavy atom. The Hall–Kier alpha value is -0.410. The normalized spacial score (nSPS) is 15.8. The lowest BCUT2D eigenvalue weighted by Crippen LogP contribution is -2.15. The lowest BCUT2D eigenvalue weighted by atomic mass is 10.3. The number of rotatable bonds is 5. The Morgan fingerprint density at radius 1 is 1.43 bits per heavy atom. The maximum Gasteiger partial charge on any atom is 0.106 e. The van der Waals surface area contributed by atoms with E-state index in [1.54, 1.807) is 0 Å². The molecule has 0 radical (unpaired) electrons. The van der Waals surface area contributed by atoms with Crippen molar-refractivity contribution in [1.29, 1.82) is 0 Å². The monoisotopic (exact) mass is 254 g/mol. The first-order valence-corrected chi connectivity index (χ1v) is 5.96. The summed E-state index contributed by atoms with van der Waals surface area (Å²) < 4.78 is 0.916. The van der Waals surface area contributed by atoms with Crippen molar-refractivity contribution < 1.29 is 0 Å². The summed E-state index contributed by atoms with van der Waals surface area (Å²) in [6.07, 6.45) is 4.21. The van der Waals surface area contributed by atoms with Crippen LogP contribution in [0.4, 0.5) is 0 Å². The predicted molar refractivity (Wildman–Crippen MR) is 61.0 cm³/mol. The zero-order valence-electron chi connectivity index (χ0n) is 8.17. The van der Waals surface area contributed by atoms with Gasteiger partial charge in [0.05, 0.1) is 5.69 Å². The topological polar surface area (TPSA) is 24.9 Å². The molecule has 2 rings (SSSR count). The van der Waals surface area contributed by atoms with Crippen LogP contribution < -0.4 is 5.32 Å². The van der Waals surface area contributed by atoms with E-state index in [1.807, 2.05) is 12.1 Å². The largest absolute Gasteiger partial charge is 0.311 e. The third kappa shape index (κ3) is 3.39. The lowest BCUT2D eigenvalue weighted by Gasteiger charge is -2.03. The van der Waals surface area contributed by atoms with Crippen LogP contribution in [0.2, 0.25) is 0 Å². The highest BCUT2D eigenvalue weighted by molar-refractivity contribution is 9.10. The average Bonchev–Trinajstić information content (AvgIpc) is 2.96. The first-order chi connectivity index (χ1) is 6.84. The van der Waals surface area contributed by atoms with E-state index in [-0.39, 0.29) is 0 Å². The minimum atomic E-state index is 0.881. The van der Waals surface area contributed by atoms with E-state index in [4.69, 9.17) is 0 Å². The molecule has 3 heteroatoms. The molecule has 0 unspecified atom stereocenters.